The summed E-state index contributed by atoms with van der Waals surface area (Å²) in [6.07, 6.45) is 7.81. The third-order valence-electron chi connectivity index (χ3n) is 6.10. The molecule has 1 aliphatic heterocycles. The average molecular weight is 457 g/mol. The van der Waals surface area contributed by atoms with Crippen molar-refractivity contribution in [3.05, 3.63) is 62.2 Å². The van der Waals surface area contributed by atoms with E-state index in [4.69, 9.17) is 9.47 Å². The summed E-state index contributed by atoms with van der Waals surface area (Å²) in [4.78, 5) is 41.6. The van der Waals surface area contributed by atoms with Crippen LogP contribution in [0.3, 0.4) is 0 Å². The Labute approximate surface area is 191 Å². The Morgan fingerprint density at radius 2 is 2.09 bits per heavy atom. The van der Waals surface area contributed by atoms with Crippen molar-refractivity contribution in [1.82, 2.24) is 9.47 Å². The lowest BCUT2D eigenvalue weighted by molar-refractivity contribution is -0.135. The molecule has 0 N–H and O–H groups in total. The van der Waals surface area contributed by atoms with Gasteiger partial charge in [-0.15, -0.1) is 11.3 Å². The van der Waals surface area contributed by atoms with Crippen molar-refractivity contribution in [3.63, 3.8) is 0 Å². The summed E-state index contributed by atoms with van der Waals surface area (Å²) in [6, 6.07) is 5.37. The molecule has 3 heterocycles. The zero-order chi connectivity index (χ0) is 22.5. The molecule has 32 heavy (non-hydrogen) atoms. The lowest BCUT2D eigenvalue weighted by Crippen LogP contribution is -2.38. The molecular weight excluding hydrogens is 428 g/mol. The standard InChI is InChI=1S/C24H28N2O5S/c1-30-24(29)22-19-9-11-25(23(28)17-6-3-2-4-7-17)12-13-26(19)21(27)16-20(22)31-14-10-18-8-5-15-32-18/h2-3,5,8,15-17H,4,6-7,9-14H2,1H3. The van der Waals surface area contributed by atoms with Gasteiger partial charge in [0, 0.05) is 55.0 Å². The number of carbonyl (C=O) groups is 2. The fourth-order valence-corrected chi connectivity index (χ4v) is 5.09. The second kappa shape index (κ2) is 10.2. The number of carbonyl (C=O) groups excluding carboxylic acids is 2. The van der Waals surface area contributed by atoms with E-state index in [1.54, 1.807) is 15.9 Å². The van der Waals surface area contributed by atoms with Gasteiger partial charge in [-0.2, -0.15) is 0 Å². The molecule has 1 unspecified atom stereocenters. The first-order chi connectivity index (χ1) is 15.6. The Kier molecular flexibility index (Phi) is 7.09. The van der Waals surface area contributed by atoms with Crippen LogP contribution >= 0.6 is 11.3 Å². The number of hydrogen-bond acceptors (Lipinski definition) is 6. The van der Waals surface area contributed by atoms with E-state index >= 15 is 0 Å². The predicted molar refractivity (Wildman–Crippen MR) is 122 cm³/mol. The summed E-state index contributed by atoms with van der Waals surface area (Å²) in [7, 11) is 1.32. The highest BCUT2D eigenvalue weighted by atomic mass is 32.1. The minimum Gasteiger partial charge on any atom is -0.492 e. The van der Waals surface area contributed by atoms with Gasteiger partial charge in [0.1, 0.15) is 11.3 Å². The molecule has 0 spiro atoms. The van der Waals surface area contributed by atoms with Crippen LogP contribution in [0.25, 0.3) is 0 Å². The molecule has 4 rings (SSSR count). The number of rotatable bonds is 6. The molecule has 1 aliphatic carbocycles. The molecule has 170 valence electrons. The number of hydrogen-bond donors (Lipinski definition) is 0. The van der Waals surface area contributed by atoms with Crippen molar-refractivity contribution in [2.24, 2.45) is 5.92 Å². The fourth-order valence-electron chi connectivity index (χ4n) is 4.40. The molecule has 0 bridgehead atoms. The molecule has 8 heteroatoms. The first-order valence-corrected chi connectivity index (χ1v) is 11.9. The van der Waals surface area contributed by atoms with Crippen LogP contribution in [0.15, 0.2) is 40.5 Å². The smallest absolute Gasteiger partial charge is 0.343 e. The number of ether oxygens (including phenoxy) is 2. The second-order valence-corrected chi connectivity index (χ2v) is 9.08. The fraction of sp³-hybridized carbons (Fsp3) is 0.458. The van der Waals surface area contributed by atoms with E-state index in [0.717, 1.165) is 19.3 Å². The molecule has 2 aromatic rings. The first-order valence-electron chi connectivity index (χ1n) is 11.0. The average Bonchev–Trinajstić information content (AvgIpc) is 3.23. The summed E-state index contributed by atoms with van der Waals surface area (Å²) >= 11 is 1.64. The van der Waals surface area contributed by atoms with Crippen molar-refractivity contribution >= 4 is 23.2 Å². The Bertz CT molecular complexity index is 1060. The minimum atomic E-state index is -0.530. The van der Waals surface area contributed by atoms with E-state index in [9.17, 15) is 14.4 Å². The summed E-state index contributed by atoms with van der Waals surface area (Å²) in [5, 5.41) is 2.00. The summed E-state index contributed by atoms with van der Waals surface area (Å²) in [5.41, 5.74) is 0.635. The number of nitrogens with zero attached hydrogens (tertiary/aromatic N) is 2. The molecule has 2 aromatic heterocycles. The van der Waals surface area contributed by atoms with Gasteiger partial charge in [-0.1, -0.05) is 18.2 Å². The number of methoxy groups -OCH3 is 1. The van der Waals surface area contributed by atoms with Gasteiger partial charge in [0.25, 0.3) is 5.56 Å². The first kappa shape index (κ1) is 22.3. The number of aromatic nitrogens is 1. The number of pyridine rings is 1. The van der Waals surface area contributed by atoms with Crippen LogP contribution < -0.4 is 10.3 Å². The number of fused-ring (bicyclic) bond motifs is 1. The van der Waals surface area contributed by atoms with Crippen LogP contribution in [-0.2, 0) is 28.9 Å². The third-order valence-corrected chi connectivity index (χ3v) is 7.04. The normalized spacial score (nSPS) is 18.0. The molecule has 0 saturated heterocycles. The van der Waals surface area contributed by atoms with E-state index in [1.165, 1.54) is 18.1 Å². The molecule has 7 nitrogen and oxygen atoms in total. The molecule has 0 radical (unpaired) electrons. The monoisotopic (exact) mass is 456 g/mol. The molecule has 0 saturated carbocycles. The molecule has 2 aliphatic rings. The maximum absolute atomic E-state index is 13.0. The molecule has 0 fully saturated rings. The van der Waals surface area contributed by atoms with Gasteiger partial charge in [-0.05, 0) is 30.7 Å². The number of thiophene rings is 1. The molecule has 1 amide bonds. The number of amides is 1. The summed E-state index contributed by atoms with van der Waals surface area (Å²) in [6.45, 7) is 1.61. The van der Waals surface area contributed by atoms with E-state index in [0.29, 0.717) is 44.8 Å². The Morgan fingerprint density at radius 1 is 1.22 bits per heavy atom. The zero-order valence-electron chi connectivity index (χ0n) is 18.2. The van der Waals surface area contributed by atoms with E-state index in [1.807, 2.05) is 22.4 Å². The van der Waals surface area contributed by atoms with Crippen LogP contribution in [0.2, 0.25) is 0 Å². The molecular formula is C24H28N2O5S. The maximum atomic E-state index is 13.0. The highest BCUT2D eigenvalue weighted by molar-refractivity contribution is 7.09. The number of allylic oxidation sites excluding steroid dienone is 2. The third kappa shape index (κ3) is 4.80. The van der Waals surface area contributed by atoms with E-state index in [2.05, 4.69) is 12.2 Å². The Hall–Kier alpha value is -2.87. The van der Waals surface area contributed by atoms with E-state index in [-0.39, 0.29) is 28.7 Å². The van der Waals surface area contributed by atoms with Crippen molar-refractivity contribution in [2.75, 3.05) is 26.8 Å². The lowest BCUT2D eigenvalue weighted by Gasteiger charge is -2.26. The molecule has 0 aromatic carbocycles. The maximum Gasteiger partial charge on any atom is 0.343 e. The van der Waals surface area contributed by atoms with E-state index < -0.39 is 5.97 Å². The van der Waals surface area contributed by atoms with Gasteiger partial charge in [0.2, 0.25) is 5.91 Å². The van der Waals surface area contributed by atoms with Crippen molar-refractivity contribution < 1.29 is 19.1 Å². The van der Waals surface area contributed by atoms with Crippen LogP contribution in [0.1, 0.15) is 40.2 Å². The zero-order valence-corrected chi connectivity index (χ0v) is 19.1. The highest BCUT2D eigenvalue weighted by Gasteiger charge is 2.30. The van der Waals surface area contributed by atoms with Crippen LogP contribution in [0.5, 0.6) is 5.75 Å². The summed E-state index contributed by atoms with van der Waals surface area (Å²) in [5.74, 6) is -0.157. The van der Waals surface area contributed by atoms with Crippen LogP contribution in [-0.4, -0.2) is 48.1 Å². The van der Waals surface area contributed by atoms with Gasteiger partial charge < -0.3 is 18.9 Å². The number of esters is 1. The van der Waals surface area contributed by atoms with Crippen LogP contribution in [0, 0.1) is 5.92 Å². The summed E-state index contributed by atoms with van der Waals surface area (Å²) < 4.78 is 12.5. The predicted octanol–water partition coefficient (Wildman–Crippen LogP) is 3.06. The Morgan fingerprint density at radius 3 is 2.81 bits per heavy atom. The van der Waals surface area contributed by atoms with Crippen LogP contribution in [0.4, 0.5) is 0 Å². The SMILES string of the molecule is COC(=O)c1c(OCCc2cccs2)cc(=O)n2c1CCN(C(=O)C1CC=CCC1)CC2. The molecule has 1 atom stereocenters. The lowest BCUT2D eigenvalue weighted by atomic mass is 9.93. The van der Waals surface area contributed by atoms with Gasteiger partial charge in [0.05, 0.1) is 13.7 Å². The highest BCUT2D eigenvalue weighted by Crippen LogP contribution is 2.26. The van der Waals surface area contributed by atoms with Crippen molar-refractivity contribution in [2.45, 2.75) is 38.6 Å². The van der Waals surface area contributed by atoms with Gasteiger partial charge in [0.15, 0.2) is 0 Å². The quantitative estimate of drug-likeness (QED) is 0.493. The minimum absolute atomic E-state index is 0.00541. The largest absolute Gasteiger partial charge is 0.492 e. The van der Waals surface area contributed by atoms with Gasteiger partial charge >= 0.3 is 5.97 Å². The van der Waals surface area contributed by atoms with Crippen molar-refractivity contribution in [1.29, 1.82) is 0 Å². The van der Waals surface area contributed by atoms with Gasteiger partial charge in [-0.25, -0.2) is 4.79 Å². The second-order valence-electron chi connectivity index (χ2n) is 8.05. The topological polar surface area (TPSA) is 77.8 Å². The van der Waals surface area contributed by atoms with Gasteiger partial charge in [-0.3, -0.25) is 9.59 Å². The van der Waals surface area contributed by atoms with Crippen molar-refractivity contribution in [3.8, 4) is 5.75 Å². The Balaban J connectivity index is 1.56.